The molecule has 1 unspecified atom stereocenters. The first-order valence-electron chi connectivity index (χ1n) is 14.0. The molecule has 1 aromatic heterocycles. The molecule has 1 aromatic carbocycles. The molecule has 0 aliphatic rings. The van der Waals surface area contributed by atoms with Crippen molar-refractivity contribution in [2.45, 2.75) is 115 Å². The minimum Gasteiger partial charge on any atom is -0.469 e. The Kier molecular flexibility index (Phi) is 14.7. The predicted octanol–water partition coefficient (Wildman–Crippen LogP) is 7.29. The van der Waals surface area contributed by atoms with Crippen LogP contribution < -0.4 is 4.72 Å². The molecule has 2 aromatic rings. The van der Waals surface area contributed by atoms with Gasteiger partial charge in [0, 0.05) is 18.4 Å². The highest BCUT2D eigenvalue weighted by Gasteiger charge is 2.33. The maximum Gasteiger partial charge on any atom is 0.314 e. The van der Waals surface area contributed by atoms with Crippen LogP contribution in [-0.2, 0) is 26.9 Å². The van der Waals surface area contributed by atoms with Crippen LogP contribution in [0.5, 0.6) is 0 Å². The molecular weight excluding hydrogens is 480 g/mol. The molecule has 1 N–H and O–H groups in total. The number of hydrogen-bond donors (Lipinski definition) is 1. The SMILES string of the molecule is COC(=O)[C@H](c1ccccc1)[C@@H](CCCCCCCCCCCCc1cccnc1)NS(=O)C(C)(C)C. The van der Waals surface area contributed by atoms with E-state index in [9.17, 15) is 9.00 Å². The van der Waals surface area contributed by atoms with E-state index < -0.39 is 21.7 Å². The molecular formula is C31H48N2O3S. The molecule has 1 heterocycles. The molecule has 0 spiro atoms. The summed E-state index contributed by atoms with van der Waals surface area (Å²) >= 11 is 0. The summed E-state index contributed by atoms with van der Waals surface area (Å²) in [7, 11) is 0.160. The van der Waals surface area contributed by atoms with E-state index in [0.29, 0.717) is 0 Å². The number of carbonyl (C=O) groups is 1. The van der Waals surface area contributed by atoms with Gasteiger partial charge in [-0.15, -0.1) is 0 Å². The van der Waals surface area contributed by atoms with E-state index in [-0.39, 0.29) is 12.0 Å². The minimum atomic E-state index is -1.27. The highest BCUT2D eigenvalue weighted by molar-refractivity contribution is 7.84. The number of aromatic nitrogens is 1. The zero-order valence-corrected chi connectivity index (χ0v) is 24.2. The second-order valence-electron chi connectivity index (χ2n) is 11.0. The lowest BCUT2D eigenvalue weighted by Crippen LogP contribution is -2.45. The molecule has 0 amide bonds. The fraction of sp³-hybridized carbons (Fsp3) is 0.613. The zero-order chi connectivity index (χ0) is 26.9. The van der Waals surface area contributed by atoms with Gasteiger partial charge in [-0.05, 0) is 57.2 Å². The fourth-order valence-corrected chi connectivity index (χ4v) is 5.46. The maximum atomic E-state index is 12.9. The summed E-state index contributed by atoms with van der Waals surface area (Å²) in [4.78, 5) is 17.0. The maximum absolute atomic E-state index is 12.9. The first kappa shape index (κ1) is 31.2. The smallest absolute Gasteiger partial charge is 0.314 e. The lowest BCUT2D eigenvalue weighted by atomic mass is 9.88. The van der Waals surface area contributed by atoms with E-state index in [0.717, 1.165) is 31.2 Å². The van der Waals surface area contributed by atoms with E-state index in [1.807, 2.05) is 69.6 Å². The van der Waals surface area contributed by atoms with Gasteiger partial charge in [0.2, 0.25) is 0 Å². The molecule has 0 bridgehead atoms. The number of nitrogens with zero attached hydrogens (tertiary/aromatic N) is 1. The van der Waals surface area contributed by atoms with Gasteiger partial charge in [-0.25, -0.2) is 8.93 Å². The van der Waals surface area contributed by atoms with Crippen LogP contribution in [0.4, 0.5) is 0 Å². The Balaban J connectivity index is 1.71. The van der Waals surface area contributed by atoms with Gasteiger partial charge in [-0.1, -0.05) is 94.2 Å². The van der Waals surface area contributed by atoms with Crippen LogP contribution >= 0.6 is 0 Å². The standard InChI is InChI=1S/C31H48N2O3S/c1-31(2,3)37(35)33-28(29(30(34)36-4)27-21-15-13-16-22-27)23-17-12-10-8-6-5-7-9-11-14-19-26-20-18-24-32-25-26/h13,15-16,18,20-22,24-25,28-29,33H,5-12,14,17,19,23H2,1-4H3/t28-,29-,37?/m1/s1. The number of rotatable bonds is 18. The number of ether oxygens (including phenoxy) is 1. The molecule has 0 fully saturated rings. The summed E-state index contributed by atoms with van der Waals surface area (Å²) < 4.78 is 21.0. The highest BCUT2D eigenvalue weighted by atomic mass is 32.2. The van der Waals surface area contributed by atoms with Crippen molar-refractivity contribution in [2.24, 2.45) is 0 Å². The predicted molar refractivity (Wildman–Crippen MR) is 155 cm³/mol. The molecule has 0 radical (unpaired) electrons. The lowest BCUT2D eigenvalue weighted by molar-refractivity contribution is -0.143. The van der Waals surface area contributed by atoms with Crippen LogP contribution in [0.3, 0.4) is 0 Å². The van der Waals surface area contributed by atoms with E-state index in [2.05, 4.69) is 15.8 Å². The van der Waals surface area contributed by atoms with Crippen molar-refractivity contribution < 1.29 is 13.7 Å². The van der Waals surface area contributed by atoms with E-state index >= 15 is 0 Å². The molecule has 2 rings (SSSR count). The quantitative estimate of drug-likeness (QED) is 0.163. The van der Waals surface area contributed by atoms with Crippen LogP contribution in [0.25, 0.3) is 0 Å². The molecule has 5 nitrogen and oxygen atoms in total. The van der Waals surface area contributed by atoms with Crippen LogP contribution in [0.15, 0.2) is 54.9 Å². The number of carbonyl (C=O) groups excluding carboxylic acids is 1. The molecule has 6 heteroatoms. The summed E-state index contributed by atoms with van der Waals surface area (Å²) in [5, 5.41) is 0. The summed E-state index contributed by atoms with van der Waals surface area (Å²) in [5.74, 6) is -0.759. The molecule has 0 saturated heterocycles. The first-order chi connectivity index (χ1) is 17.8. The second-order valence-corrected chi connectivity index (χ2v) is 13.0. The van der Waals surface area contributed by atoms with Crippen molar-refractivity contribution in [2.75, 3.05) is 7.11 Å². The summed E-state index contributed by atoms with van der Waals surface area (Å²) in [6, 6.07) is 13.7. The summed E-state index contributed by atoms with van der Waals surface area (Å²) in [5.41, 5.74) is 2.24. The molecule has 206 valence electrons. The van der Waals surface area contributed by atoms with Crippen LogP contribution in [0.1, 0.15) is 108 Å². The Hall–Kier alpha value is -2.05. The number of esters is 1. The van der Waals surface area contributed by atoms with Crippen molar-refractivity contribution in [3.63, 3.8) is 0 Å². The van der Waals surface area contributed by atoms with Crippen LogP contribution in [0, 0.1) is 0 Å². The molecule has 3 atom stereocenters. The molecule has 0 aliphatic carbocycles. The lowest BCUT2D eigenvalue weighted by Gasteiger charge is -2.29. The monoisotopic (exact) mass is 528 g/mol. The largest absolute Gasteiger partial charge is 0.469 e. The topological polar surface area (TPSA) is 68.3 Å². The first-order valence-corrected chi connectivity index (χ1v) is 15.2. The minimum absolute atomic E-state index is 0.235. The van der Waals surface area contributed by atoms with Gasteiger partial charge in [-0.2, -0.15) is 0 Å². The number of nitrogens with one attached hydrogen (secondary N) is 1. The van der Waals surface area contributed by atoms with Gasteiger partial charge in [0.15, 0.2) is 0 Å². The molecule has 37 heavy (non-hydrogen) atoms. The van der Waals surface area contributed by atoms with Crippen molar-refractivity contribution in [3.05, 3.63) is 66.0 Å². The Morgan fingerprint density at radius 1 is 0.892 bits per heavy atom. The molecule has 0 saturated carbocycles. The van der Waals surface area contributed by atoms with Gasteiger partial charge in [0.1, 0.15) is 0 Å². The van der Waals surface area contributed by atoms with E-state index in [4.69, 9.17) is 4.74 Å². The van der Waals surface area contributed by atoms with Crippen molar-refractivity contribution >= 4 is 17.0 Å². The second kappa shape index (κ2) is 17.5. The summed E-state index contributed by atoms with van der Waals surface area (Å²) in [6.45, 7) is 5.84. The number of pyridine rings is 1. The fourth-order valence-electron chi connectivity index (χ4n) is 4.58. The third-order valence-corrected chi connectivity index (χ3v) is 8.41. The van der Waals surface area contributed by atoms with Crippen molar-refractivity contribution in [1.29, 1.82) is 0 Å². The third kappa shape index (κ3) is 12.4. The average molecular weight is 529 g/mol. The number of methoxy groups -OCH3 is 1. The molecule has 0 aliphatic heterocycles. The van der Waals surface area contributed by atoms with Crippen molar-refractivity contribution in [3.8, 4) is 0 Å². The van der Waals surface area contributed by atoms with E-state index in [1.165, 1.54) is 64.0 Å². The van der Waals surface area contributed by atoms with Gasteiger partial charge in [0.25, 0.3) is 0 Å². The Morgan fingerprint density at radius 3 is 2.03 bits per heavy atom. The number of benzene rings is 1. The Bertz CT molecular complexity index is 900. The highest BCUT2D eigenvalue weighted by Crippen LogP contribution is 2.27. The van der Waals surface area contributed by atoms with Gasteiger partial charge < -0.3 is 4.74 Å². The van der Waals surface area contributed by atoms with Gasteiger partial charge in [-0.3, -0.25) is 9.78 Å². The van der Waals surface area contributed by atoms with Crippen LogP contribution in [0.2, 0.25) is 0 Å². The van der Waals surface area contributed by atoms with Crippen molar-refractivity contribution in [1.82, 2.24) is 9.71 Å². The van der Waals surface area contributed by atoms with Crippen LogP contribution in [-0.4, -0.2) is 33.1 Å². The number of aryl methyl sites for hydroxylation is 1. The third-order valence-electron chi connectivity index (χ3n) is 6.78. The Labute approximate surface area is 227 Å². The van der Waals surface area contributed by atoms with Gasteiger partial charge in [0.05, 0.1) is 28.8 Å². The van der Waals surface area contributed by atoms with Gasteiger partial charge >= 0.3 is 5.97 Å². The number of hydrogen-bond acceptors (Lipinski definition) is 4. The zero-order valence-electron chi connectivity index (χ0n) is 23.4. The Morgan fingerprint density at radius 2 is 1.49 bits per heavy atom. The average Bonchev–Trinajstić information content (AvgIpc) is 2.89. The summed E-state index contributed by atoms with van der Waals surface area (Å²) in [6.07, 6.45) is 18.0. The number of unbranched alkanes of at least 4 members (excludes halogenated alkanes) is 9. The normalized spacial score (nSPS) is 14.2. The van der Waals surface area contributed by atoms with E-state index in [1.54, 1.807) is 0 Å².